The van der Waals surface area contributed by atoms with Crippen molar-refractivity contribution < 1.29 is 8.42 Å². The van der Waals surface area contributed by atoms with Crippen LogP contribution in [-0.2, 0) is 16.3 Å². The van der Waals surface area contributed by atoms with E-state index in [2.05, 4.69) is 15.9 Å². The van der Waals surface area contributed by atoms with Crippen LogP contribution >= 0.6 is 15.9 Å². The Morgan fingerprint density at radius 1 is 1.28 bits per heavy atom. The maximum atomic E-state index is 11.3. The first-order chi connectivity index (χ1) is 8.43. The highest BCUT2D eigenvalue weighted by atomic mass is 79.9. The van der Waals surface area contributed by atoms with Crippen LogP contribution in [0.4, 0.5) is 0 Å². The third-order valence-corrected chi connectivity index (χ3v) is 5.20. The van der Waals surface area contributed by atoms with E-state index in [4.69, 9.17) is 5.73 Å². The average Bonchev–Trinajstić information content (AvgIpc) is 2.32. The molecule has 0 saturated heterocycles. The molecule has 0 aliphatic heterocycles. The molecule has 102 valence electrons. The van der Waals surface area contributed by atoms with Crippen LogP contribution in [0.2, 0.25) is 0 Å². The van der Waals surface area contributed by atoms with Crippen LogP contribution in [0.1, 0.15) is 25.3 Å². The van der Waals surface area contributed by atoms with Crippen LogP contribution in [0.15, 0.2) is 28.7 Å². The van der Waals surface area contributed by atoms with Crippen molar-refractivity contribution in [3.05, 3.63) is 34.3 Å². The highest BCUT2D eigenvalue weighted by Crippen LogP contribution is 2.13. The first-order valence-electron chi connectivity index (χ1n) is 6.13. The van der Waals surface area contributed by atoms with Crippen molar-refractivity contribution in [1.82, 2.24) is 0 Å². The van der Waals surface area contributed by atoms with Gasteiger partial charge in [-0.25, -0.2) is 8.42 Å². The summed E-state index contributed by atoms with van der Waals surface area (Å²) < 4.78 is 23.7. The van der Waals surface area contributed by atoms with Crippen LogP contribution < -0.4 is 5.73 Å². The summed E-state index contributed by atoms with van der Waals surface area (Å²) >= 11 is 3.39. The van der Waals surface area contributed by atoms with Crippen LogP contribution in [0.25, 0.3) is 0 Å². The Hall–Kier alpha value is -0.390. The molecule has 1 aromatic rings. The van der Waals surface area contributed by atoms with E-state index in [1.807, 2.05) is 24.3 Å². The second kappa shape index (κ2) is 7.26. The molecule has 5 heteroatoms. The minimum Gasteiger partial charge on any atom is -0.327 e. The Morgan fingerprint density at radius 2 is 1.89 bits per heavy atom. The molecule has 3 nitrogen and oxygen atoms in total. The van der Waals surface area contributed by atoms with Crippen LogP contribution in [0.3, 0.4) is 0 Å². The summed E-state index contributed by atoms with van der Waals surface area (Å²) in [4.78, 5) is 0. The predicted molar refractivity (Wildman–Crippen MR) is 79.4 cm³/mol. The SMILES string of the molecule is CCS(=O)(=O)CCCC(N)Cc1ccc(Br)cc1. The van der Waals surface area contributed by atoms with Gasteiger partial charge < -0.3 is 5.73 Å². The van der Waals surface area contributed by atoms with E-state index < -0.39 is 9.84 Å². The molecule has 0 heterocycles. The molecule has 0 radical (unpaired) electrons. The number of benzene rings is 1. The molecule has 0 fully saturated rings. The first kappa shape index (κ1) is 15.7. The highest BCUT2D eigenvalue weighted by molar-refractivity contribution is 9.10. The van der Waals surface area contributed by atoms with Gasteiger partial charge in [0, 0.05) is 16.3 Å². The second-order valence-electron chi connectivity index (χ2n) is 4.47. The van der Waals surface area contributed by atoms with Gasteiger partial charge in [0.25, 0.3) is 0 Å². The van der Waals surface area contributed by atoms with Gasteiger partial charge in [-0.2, -0.15) is 0 Å². The quantitative estimate of drug-likeness (QED) is 0.834. The molecule has 1 aromatic carbocycles. The number of sulfone groups is 1. The number of nitrogens with two attached hydrogens (primary N) is 1. The van der Waals surface area contributed by atoms with Crippen LogP contribution in [0.5, 0.6) is 0 Å². The smallest absolute Gasteiger partial charge is 0.150 e. The van der Waals surface area contributed by atoms with E-state index >= 15 is 0 Å². The van der Waals surface area contributed by atoms with Crippen molar-refractivity contribution in [3.63, 3.8) is 0 Å². The summed E-state index contributed by atoms with van der Waals surface area (Å²) in [5.41, 5.74) is 7.19. The van der Waals surface area contributed by atoms with E-state index in [1.165, 1.54) is 5.56 Å². The molecule has 1 unspecified atom stereocenters. The van der Waals surface area contributed by atoms with Crippen LogP contribution in [-0.4, -0.2) is 26.0 Å². The maximum absolute atomic E-state index is 11.3. The van der Waals surface area contributed by atoms with Crippen molar-refractivity contribution in [3.8, 4) is 0 Å². The molecular formula is C13H20BrNO2S. The van der Waals surface area contributed by atoms with Crippen molar-refractivity contribution in [2.45, 2.75) is 32.2 Å². The maximum Gasteiger partial charge on any atom is 0.150 e. The molecule has 0 spiro atoms. The van der Waals surface area contributed by atoms with E-state index in [1.54, 1.807) is 6.92 Å². The summed E-state index contributed by atoms with van der Waals surface area (Å²) in [5, 5.41) is 0. The van der Waals surface area contributed by atoms with Gasteiger partial charge in [-0.05, 0) is 37.0 Å². The zero-order valence-electron chi connectivity index (χ0n) is 10.6. The van der Waals surface area contributed by atoms with Gasteiger partial charge in [0.1, 0.15) is 9.84 Å². The fraction of sp³-hybridized carbons (Fsp3) is 0.538. The molecule has 1 rings (SSSR count). The molecule has 2 N–H and O–H groups in total. The molecule has 1 atom stereocenters. The Bertz CT molecular complexity index is 456. The average molecular weight is 334 g/mol. The Labute approximate surface area is 118 Å². The van der Waals surface area contributed by atoms with Gasteiger partial charge in [0.15, 0.2) is 0 Å². The number of halogens is 1. The van der Waals surface area contributed by atoms with Gasteiger partial charge in [0.05, 0.1) is 5.75 Å². The number of rotatable bonds is 7. The van der Waals surface area contributed by atoms with Crippen molar-refractivity contribution in [1.29, 1.82) is 0 Å². The summed E-state index contributed by atoms with van der Waals surface area (Å²) in [6, 6.07) is 8.07. The lowest BCUT2D eigenvalue weighted by molar-refractivity contribution is 0.574. The monoisotopic (exact) mass is 333 g/mol. The van der Waals surface area contributed by atoms with Gasteiger partial charge in [0.2, 0.25) is 0 Å². The standard InChI is InChI=1S/C13H20BrNO2S/c1-2-18(16,17)9-3-4-13(15)10-11-5-7-12(14)8-6-11/h5-8,13H,2-4,9-10,15H2,1H3. The second-order valence-corrected chi connectivity index (χ2v) is 7.86. The number of hydrogen-bond acceptors (Lipinski definition) is 3. The lowest BCUT2D eigenvalue weighted by atomic mass is 10.0. The fourth-order valence-electron chi connectivity index (χ4n) is 1.74. The van der Waals surface area contributed by atoms with Crippen molar-refractivity contribution >= 4 is 25.8 Å². The lowest BCUT2D eigenvalue weighted by Gasteiger charge is -2.11. The van der Waals surface area contributed by atoms with E-state index in [-0.39, 0.29) is 17.5 Å². The summed E-state index contributed by atoms with van der Waals surface area (Å²) in [5.74, 6) is 0.465. The molecule has 18 heavy (non-hydrogen) atoms. The molecule has 0 amide bonds. The minimum absolute atomic E-state index is 0.0261. The zero-order valence-corrected chi connectivity index (χ0v) is 13.0. The van der Waals surface area contributed by atoms with Crippen molar-refractivity contribution in [2.75, 3.05) is 11.5 Å². The van der Waals surface area contributed by atoms with E-state index in [9.17, 15) is 8.42 Å². The van der Waals surface area contributed by atoms with Crippen molar-refractivity contribution in [2.24, 2.45) is 5.73 Å². The Balaban J connectivity index is 2.34. The van der Waals surface area contributed by atoms with E-state index in [0.29, 0.717) is 6.42 Å². The topological polar surface area (TPSA) is 60.2 Å². The van der Waals surface area contributed by atoms with E-state index in [0.717, 1.165) is 17.3 Å². The van der Waals surface area contributed by atoms with Gasteiger partial charge in [-0.3, -0.25) is 0 Å². The zero-order chi connectivity index (χ0) is 13.6. The summed E-state index contributed by atoms with van der Waals surface area (Å²) in [6.45, 7) is 1.68. The highest BCUT2D eigenvalue weighted by Gasteiger charge is 2.09. The molecule has 0 aliphatic carbocycles. The largest absolute Gasteiger partial charge is 0.327 e. The summed E-state index contributed by atoms with van der Waals surface area (Å²) in [6.07, 6.45) is 2.18. The van der Waals surface area contributed by atoms with Gasteiger partial charge >= 0.3 is 0 Å². The third kappa shape index (κ3) is 5.98. The molecule has 0 aromatic heterocycles. The molecule has 0 aliphatic rings. The third-order valence-electron chi connectivity index (χ3n) is 2.88. The predicted octanol–water partition coefficient (Wildman–Crippen LogP) is 2.53. The van der Waals surface area contributed by atoms with Gasteiger partial charge in [-0.15, -0.1) is 0 Å². The molecule has 0 saturated carbocycles. The Kier molecular flexibility index (Phi) is 6.32. The van der Waals surface area contributed by atoms with Crippen LogP contribution in [0, 0.1) is 0 Å². The van der Waals surface area contributed by atoms with Gasteiger partial charge in [-0.1, -0.05) is 35.0 Å². The fourth-order valence-corrected chi connectivity index (χ4v) is 2.89. The first-order valence-corrected chi connectivity index (χ1v) is 8.75. The lowest BCUT2D eigenvalue weighted by Crippen LogP contribution is -2.24. The molecule has 0 bridgehead atoms. The summed E-state index contributed by atoms with van der Waals surface area (Å²) in [7, 11) is -2.86. The normalized spacial score (nSPS) is 13.5. The minimum atomic E-state index is -2.86. The molecular weight excluding hydrogens is 314 g/mol. The Morgan fingerprint density at radius 3 is 2.44 bits per heavy atom. The number of hydrogen-bond donors (Lipinski definition) is 1.